The predicted octanol–water partition coefficient (Wildman–Crippen LogP) is 7.79. The summed E-state index contributed by atoms with van der Waals surface area (Å²) in [4.78, 5) is 2.22. The van der Waals surface area contributed by atoms with Crippen LogP contribution in [-0.4, -0.2) is 50.7 Å². The van der Waals surface area contributed by atoms with Crippen molar-refractivity contribution in [2.45, 2.75) is 32.5 Å². The molecule has 208 valence electrons. The van der Waals surface area contributed by atoms with Crippen molar-refractivity contribution < 1.29 is 23.3 Å². The smallest absolute Gasteiger partial charge is 0.199 e. The van der Waals surface area contributed by atoms with Gasteiger partial charge in [-0.2, -0.15) is 0 Å². The van der Waals surface area contributed by atoms with Crippen LogP contribution in [0.25, 0.3) is 21.9 Å². The molecule has 6 rings (SSSR count). The zero-order valence-corrected chi connectivity index (χ0v) is 23.0. The van der Waals surface area contributed by atoms with E-state index in [0.29, 0.717) is 6.61 Å². The normalized spacial score (nSPS) is 17.9. The van der Waals surface area contributed by atoms with Crippen LogP contribution in [0.3, 0.4) is 0 Å². The Morgan fingerprint density at radius 1 is 0.875 bits per heavy atom. The van der Waals surface area contributed by atoms with Crippen molar-refractivity contribution in [1.82, 2.24) is 4.90 Å². The average Bonchev–Trinajstić information content (AvgIpc) is 2.96. The molecule has 0 saturated carbocycles. The first kappa shape index (κ1) is 26.6. The third-order valence-corrected chi connectivity index (χ3v) is 7.68. The first-order valence-electron chi connectivity index (χ1n) is 14.3. The van der Waals surface area contributed by atoms with Crippen molar-refractivity contribution in [2.75, 3.05) is 39.5 Å². The van der Waals surface area contributed by atoms with Crippen LogP contribution in [0.15, 0.2) is 78.9 Å². The number of fused-ring (bicyclic) bond motifs is 1. The van der Waals surface area contributed by atoms with Crippen molar-refractivity contribution in [3.8, 4) is 34.1 Å². The van der Waals surface area contributed by atoms with Crippen molar-refractivity contribution in [3.63, 3.8) is 0 Å². The number of ether oxygens (including phenoxy) is 4. The summed E-state index contributed by atoms with van der Waals surface area (Å²) < 4.78 is 37.1. The lowest BCUT2D eigenvalue weighted by atomic mass is 9.98. The van der Waals surface area contributed by atoms with E-state index in [9.17, 15) is 4.39 Å². The van der Waals surface area contributed by atoms with Crippen molar-refractivity contribution in [3.05, 3.63) is 84.4 Å². The van der Waals surface area contributed by atoms with Crippen molar-refractivity contribution in [2.24, 2.45) is 5.92 Å². The highest BCUT2D eigenvalue weighted by Gasteiger charge is 2.25. The van der Waals surface area contributed by atoms with E-state index in [1.165, 1.54) is 5.56 Å². The molecule has 6 heteroatoms. The van der Waals surface area contributed by atoms with E-state index in [1.54, 1.807) is 0 Å². The van der Waals surface area contributed by atoms with Gasteiger partial charge in [-0.1, -0.05) is 35.9 Å². The maximum Gasteiger partial charge on any atom is 0.199 e. The Labute approximate surface area is 235 Å². The van der Waals surface area contributed by atoms with Gasteiger partial charge in [0.15, 0.2) is 6.29 Å². The molecule has 0 aromatic heterocycles. The van der Waals surface area contributed by atoms with E-state index in [0.717, 1.165) is 90.4 Å². The van der Waals surface area contributed by atoms with Gasteiger partial charge in [0, 0.05) is 42.9 Å². The van der Waals surface area contributed by atoms with Crippen LogP contribution in [0.1, 0.15) is 24.8 Å². The molecule has 1 unspecified atom stereocenters. The molecule has 0 N–H and O–H groups in total. The van der Waals surface area contributed by atoms with Gasteiger partial charge in [-0.15, -0.1) is 0 Å². The van der Waals surface area contributed by atoms with Gasteiger partial charge in [0.25, 0.3) is 0 Å². The largest absolute Gasteiger partial charge is 0.492 e. The number of halogens is 1. The number of nitrogens with zero attached hydrogens (tertiary/aromatic N) is 1. The third-order valence-electron chi connectivity index (χ3n) is 7.68. The highest BCUT2D eigenvalue weighted by atomic mass is 19.1. The quantitative estimate of drug-likeness (QED) is 0.205. The summed E-state index contributed by atoms with van der Waals surface area (Å²) in [6, 6.07) is 26.6. The fraction of sp³-hybridized carbons (Fsp3) is 0.353. The number of hydrogen-bond donors (Lipinski definition) is 0. The first-order chi connectivity index (χ1) is 19.6. The Morgan fingerprint density at radius 3 is 2.40 bits per heavy atom. The standard InChI is InChI=1S/C34H36FNO4/c1-24-5-7-26(8-6-24)31-15-9-27-20-30(39-33-4-2-3-18-38-33)14-16-32(27)34(31)40-29-12-10-28(11-13-29)37-19-17-36-22-25(21-35)23-36/h5-16,20,25,33H,2-4,17-19,21-23H2,1H3. The topological polar surface area (TPSA) is 40.2 Å². The van der Waals surface area contributed by atoms with Crippen molar-refractivity contribution >= 4 is 10.8 Å². The lowest BCUT2D eigenvalue weighted by Crippen LogP contribution is -2.49. The fourth-order valence-electron chi connectivity index (χ4n) is 5.35. The SMILES string of the molecule is Cc1ccc(-c2ccc3cc(OC4CCCCO4)ccc3c2Oc2ccc(OCCN3CC(CF)C3)cc2)cc1. The summed E-state index contributed by atoms with van der Waals surface area (Å²) in [6.07, 6.45) is 2.94. The van der Waals surface area contributed by atoms with E-state index in [1.807, 2.05) is 30.3 Å². The van der Waals surface area contributed by atoms with Crippen LogP contribution in [0.5, 0.6) is 23.0 Å². The third kappa shape index (κ3) is 6.24. The number of aryl methyl sites for hydroxylation is 1. The Hall–Kier alpha value is -3.61. The van der Waals surface area contributed by atoms with Crippen LogP contribution < -0.4 is 14.2 Å². The molecule has 0 aliphatic carbocycles. The number of likely N-dealkylation sites (tertiary alicyclic amines) is 1. The molecule has 0 amide bonds. The molecular weight excluding hydrogens is 505 g/mol. The minimum Gasteiger partial charge on any atom is -0.492 e. The number of rotatable bonds is 10. The molecule has 2 aliphatic rings. The zero-order valence-electron chi connectivity index (χ0n) is 23.0. The van der Waals surface area contributed by atoms with E-state index in [4.69, 9.17) is 18.9 Å². The molecule has 1 atom stereocenters. The average molecular weight is 542 g/mol. The second-order valence-corrected chi connectivity index (χ2v) is 10.8. The maximum absolute atomic E-state index is 12.6. The summed E-state index contributed by atoms with van der Waals surface area (Å²) in [5.41, 5.74) is 3.34. The molecule has 0 bridgehead atoms. The van der Waals surface area contributed by atoms with Gasteiger partial charge in [0.2, 0.25) is 0 Å². The van der Waals surface area contributed by atoms with Gasteiger partial charge in [-0.05, 0) is 79.2 Å². The van der Waals surface area contributed by atoms with Gasteiger partial charge in [-0.25, -0.2) is 0 Å². The molecule has 4 aromatic rings. The van der Waals surface area contributed by atoms with Gasteiger partial charge in [-0.3, -0.25) is 9.29 Å². The Morgan fingerprint density at radius 2 is 1.65 bits per heavy atom. The summed E-state index contributed by atoms with van der Waals surface area (Å²) in [5.74, 6) is 3.32. The fourth-order valence-corrected chi connectivity index (χ4v) is 5.35. The minimum absolute atomic E-state index is 0.188. The van der Waals surface area contributed by atoms with E-state index in [-0.39, 0.29) is 18.9 Å². The molecule has 0 spiro atoms. The summed E-state index contributed by atoms with van der Waals surface area (Å²) >= 11 is 0. The predicted molar refractivity (Wildman–Crippen MR) is 156 cm³/mol. The molecule has 5 nitrogen and oxygen atoms in total. The van der Waals surface area contributed by atoms with Gasteiger partial charge in [0.05, 0.1) is 13.3 Å². The van der Waals surface area contributed by atoms with E-state index < -0.39 is 0 Å². The van der Waals surface area contributed by atoms with Crippen LogP contribution in [0.4, 0.5) is 4.39 Å². The lowest BCUT2D eigenvalue weighted by Gasteiger charge is -2.37. The molecule has 4 aromatic carbocycles. The second-order valence-electron chi connectivity index (χ2n) is 10.8. The summed E-state index contributed by atoms with van der Waals surface area (Å²) in [6.45, 7) is 5.64. The first-order valence-corrected chi connectivity index (χ1v) is 14.3. The summed E-state index contributed by atoms with van der Waals surface area (Å²) in [7, 11) is 0. The number of hydrogen-bond acceptors (Lipinski definition) is 5. The van der Waals surface area contributed by atoms with Crippen LogP contribution in [0, 0.1) is 12.8 Å². The van der Waals surface area contributed by atoms with Crippen LogP contribution in [0.2, 0.25) is 0 Å². The zero-order chi connectivity index (χ0) is 27.3. The maximum atomic E-state index is 12.6. The van der Waals surface area contributed by atoms with E-state index in [2.05, 4.69) is 60.4 Å². The van der Waals surface area contributed by atoms with Crippen molar-refractivity contribution in [1.29, 1.82) is 0 Å². The lowest BCUT2D eigenvalue weighted by molar-refractivity contribution is -0.105. The second kappa shape index (κ2) is 12.3. The number of alkyl halides is 1. The number of benzene rings is 4. The monoisotopic (exact) mass is 541 g/mol. The Kier molecular flexibility index (Phi) is 8.17. The van der Waals surface area contributed by atoms with E-state index >= 15 is 0 Å². The highest BCUT2D eigenvalue weighted by molar-refractivity contribution is 5.96. The Balaban J connectivity index is 1.22. The minimum atomic E-state index is -0.231. The summed E-state index contributed by atoms with van der Waals surface area (Å²) in [5, 5.41) is 2.05. The van der Waals surface area contributed by atoms with Crippen LogP contribution >= 0.6 is 0 Å². The molecule has 2 heterocycles. The molecule has 2 saturated heterocycles. The van der Waals surface area contributed by atoms with Crippen LogP contribution in [-0.2, 0) is 4.74 Å². The molecular formula is C34H36FNO4. The highest BCUT2D eigenvalue weighted by Crippen LogP contribution is 2.41. The van der Waals surface area contributed by atoms with Gasteiger partial charge < -0.3 is 18.9 Å². The molecule has 0 radical (unpaired) electrons. The molecule has 2 fully saturated rings. The van der Waals surface area contributed by atoms with Gasteiger partial charge >= 0.3 is 0 Å². The molecule has 2 aliphatic heterocycles. The van der Waals surface area contributed by atoms with Gasteiger partial charge in [0.1, 0.15) is 29.6 Å². The molecule has 40 heavy (non-hydrogen) atoms. The Bertz CT molecular complexity index is 1410.